The molecule has 1 radical (unpaired) electrons. The van der Waals surface area contributed by atoms with Crippen LogP contribution in [0.25, 0.3) is 0 Å². The van der Waals surface area contributed by atoms with Crippen molar-refractivity contribution >= 4 is 13.3 Å². The molecule has 0 aliphatic rings. The third kappa shape index (κ3) is 5.45. The van der Waals surface area contributed by atoms with Crippen molar-refractivity contribution in [2.24, 2.45) is 5.73 Å². The van der Waals surface area contributed by atoms with Crippen LogP contribution in [0.15, 0.2) is 0 Å². The first-order chi connectivity index (χ1) is 3.77. The summed E-state index contributed by atoms with van der Waals surface area (Å²) in [6.45, 7) is 0.308. The zero-order chi connectivity index (χ0) is 6.41. The Morgan fingerprint density at radius 2 is 2.62 bits per heavy atom. The van der Waals surface area contributed by atoms with Gasteiger partial charge in [-0.05, 0) is 7.05 Å². The highest BCUT2D eigenvalue weighted by molar-refractivity contribution is 6.68. The summed E-state index contributed by atoms with van der Waals surface area (Å²) in [5.41, 5.74) is 4.69. The number of hydrogen-bond acceptors (Lipinski definition) is 3. The van der Waals surface area contributed by atoms with E-state index in [1.54, 1.807) is 7.05 Å². The van der Waals surface area contributed by atoms with Crippen molar-refractivity contribution < 1.29 is 9.45 Å². The lowest BCUT2D eigenvalue weighted by Crippen LogP contribution is -2.24. The Labute approximate surface area is 48.7 Å². The minimum absolute atomic E-state index is 0.308. The van der Waals surface area contributed by atoms with Crippen molar-refractivity contribution in [3.8, 4) is 0 Å². The van der Waals surface area contributed by atoms with Crippen LogP contribution in [0.1, 0.15) is 0 Å². The van der Waals surface area contributed by atoms with Gasteiger partial charge in [0.25, 0.3) is 0 Å². The Balaban J connectivity index is 2.82. The Hall–Kier alpha value is -0.545. The summed E-state index contributed by atoms with van der Waals surface area (Å²) in [5, 5.41) is 2.66. The number of nitrogens with one attached hydrogen (secondary N) is 1. The third-order valence-corrected chi connectivity index (χ3v) is 0.427. The van der Waals surface area contributed by atoms with E-state index in [1.807, 2.05) is 0 Å². The highest BCUT2D eigenvalue weighted by Gasteiger charge is 1.95. The van der Waals surface area contributed by atoms with E-state index in [0.717, 1.165) is 7.48 Å². The highest BCUT2D eigenvalue weighted by Crippen LogP contribution is 1.63. The van der Waals surface area contributed by atoms with Gasteiger partial charge in [-0.2, -0.15) is 0 Å². The monoisotopic (exact) mass is 115 g/mol. The molecule has 0 aromatic rings. The van der Waals surface area contributed by atoms with Crippen molar-refractivity contribution in [1.29, 1.82) is 0 Å². The Kier molecular flexibility index (Phi) is 4.30. The van der Waals surface area contributed by atoms with Crippen LogP contribution in [-0.4, -0.2) is 27.1 Å². The molecule has 0 saturated heterocycles. The number of rotatable bonds is 4. The summed E-state index contributed by atoms with van der Waals surface area (Å²) in [6, 6.07) is 0. The molecule has 0 rings (SSSR count). The van der Waals surface area contributed by atoms with E-state index in [0.29, 0.717) is 6.73 Å². The van der Waals surface area contributed by atoms with Crippen LogP contribution in [0.5, 0.6) is 0 Å². The van der Waals surface area contributed by atoms with Crippen LogP contribution in [0.2, 0.25) is 0 Å². The lowest BCUT2D eigenvalue weighted by atomic mass is 10.0. The smallest absolute Gasteiger partial charge is 0.407 e. The highest BCUT2D eigenvalue weighted by atomic mass is 16.4. The summed E-state index contributed by atoms with van der Waals surface area (Å²) in [4.78, 5) is 9.89. The number of primary amides is 1. The quantitative estimate of drug-likeness (QED) is 0.277. The maximum atomic E-state index is 9.89. The van der Waals surface area contributed by atoms with E-state index in [4.69, 9.17) is 0 Å². The lowest BCUT2D eigenvalue weighted by Gasteiger charge is -1.95. The number of carbonyl (C=O) groups is 1. The van der Waals surface area contributed by atoms with Crippen LogP contribution in [0.3, 0.4) is 0 Å². The van der Waals surface area contributed by atoms with E-state index in [1.165, 1.54) is 0 Å². The van der Waals surface area contributed by atoms with Gasteiger partial charge in [-0.1, -0.05) is 0 Å². The second-order valence-electron chi connectivity index (χ2n) is 1.18. The fourth-order valence-electron chi connectivity index (χ4n) is 0.207. The van der Waals surface area contributed by atoms with Gasteiger partial charge in [0.1, 0.15) is 0 Å². The minimum Gasteiger partial charge on any atom is -0.417 e. The molecule has 0 aliphatic heterocycles. The standard InChI is InChI=1S/C3H8BN2O2/c1-6-2-8-4-3(5)7/h6H,2H2,1H3,(H2,5,7). The first-order valence-electron chi connectivity index (χ1n) is 2.16. The van der Waals surface area contributed by atoms with Crippen LogP contribution in [0.4, 0.5) is 4.79 Å². The molecule has 4 nitrogen and oxygen atoms in total. The lowest BCUT2D eigenvalue weighted by molar-refractivity contribution is 0.256. The summed E-state index contributed by atoms with van der Waals surface area (Å²) in [6.07, 6.45) is 0. The topological polar surface area (TPSA) is 64.3 Å². The molecule has 0 aromatic heterocycles. The third-order valence-electron chi connectivity index (χ3n) is 0.427. The van der Waals surface area contributed by atoms with Gasteiger partial charge in [-0.3, -0.25) is 10.1 Å². The Bertz CT molecular complexity index is 77.7. The van der Waals surface area contributed by atoms with Gasteiger partial charge >= 0.3 is 7.48 Å². The van der Waals surface area contributed by atoms with E-state index in [-0.39, 0.29) is 0 Å². The molecular formula is C3H8BN2O2. The maximum Gasteiger partial charge on any atom is 0.407 e. The SMILES string of the molecule is CNCO[B]C(N)=O. The Morgan fingerprint density at radius 1 is 2.00 bits per heavy atom. The predicted molar refractivity (Wildman–Crippen MR) is 30.3 cm³/mol. The molecule has 5 heteroatoms. The molecule has 0 aliphatic carbocycles. The van der Waals surface area contributed by atoms with E-state index >= 15 is 0 Å². The van der Waals surface area contributed by atoms with Crippen molar-refractivity contribution in [2.75, 3.05) is 13.8 Å². The van der Waals surface area contributed by atoms with Crippen molar-refractivity contribution in [3.05, 3.63) is 0 Å². The van der Waals surface area contributed by atoms with E-state index in [9.17, 15) is 4.79 Å². The summed E-state index contributed by atoms with van der Waals surface area (Å²) >= 11 is 0. The van der Waals surface area contributed by atoms with E-state index < -0.39 is 5.81 Å². The molecule has 0 saturated carbocycles. The molecule has 8 heavy (non-hydrogen) atoms. The fraction of sp³-hybridized carbons (Fsp3) is 0.667. The first kappa shape index (κ1) is 7.45. The molecule has 0 fully saturated rings. The molecule has 1 amide bonds. The van der Waals surface area contributed by atoms with Gasteiger partial charge < -0.3 is 10.4 Å². The van der Waals surface area contributed by atoms with Crippen LogP contribution in [-0.2, 0) is 4.65 Å². The molecule has 0 unspecified atom stereocenters. The fourth-order valence-corrected chi connectivity index (χ4v) is 0.207. The predicted octanol–water partition coefficient (Wildman–Crippen LogP) is -1.12. The molecule has 0 heterocycles. The van der Waals surface area contributed by atoms with E-state index in [2.05, 4.69) is 15.7 Å². The normalized spacial score (nSPS) is 8.62. The van der Waals surface area contributed by atoms with Crippen LogP contribution < -0.4 is 11.1 Å². The zero-order valence-electron chi connectivity index (χ0n) is 4.68. The van der Waals surface area contributed by atoms with Crippen molar-refractivity contribution in [3.63, 3.8) is 0 Å². The van der Waals surface area contributed by atoms with Gasteiger partial charge in [0.15, 0.2) is 0 Å². The van der Waals surface area contributed by atoms with Gasteiger partial charge in [0.2, 0.25) is 5.81 Å². The Morgan fingerprint density at radius 3 is 3.00 bits per heavy atom. The van der Waals surface area contributed by atoms with Crippen molar-refractivity contribution in [1.82, 2.24) is 5.32 Å². The van der Waals surface area contributed by atoms with Crippen LogP contribution >= 0.6 is 0 Å². The second-order valence-corrected chi connectivity index (χ2v) is 1.18. The second kappa shape index (κ2) is 4.61. The number of nitrogens with two attached hydrogens (primary N) is 1. The molecule has 0 spiro atoms. The summed E-state index contributed by atoms with van der Waals surface area (Å²) in [7, 11) is 2.66. The molecule has 45 valence electrons. The van der Waals surface area contributed by atoms with Gasteiger partial charge in [0, 0.05) is 0 Å². The van der Waals surface area contributed by atoms with Crippen molar-refractivity contribution in [2.45, 2.75) is 0 Å². The number of amides is 1. The van der Waals surface area contributed by atoms with Crippen LogP contribution in [0, 0.1) is 0 Å². The number of hydrogen-bond donors (Lipinski definition) is 2. The molecular weight excluding hydrogens is 107 g/mol. The molecule has 0 aromatic carbocycles. The minimum atomic E-state index is -0.569. The van der Waals surface area contributed by atoms with Gasteiger partial charge in [0.05, 0.1) is 6.73 Å². The maximum absolute atomic E-state index is 9.89. The summed E-state index contributed by atoms with van der Waals surface area (Å²) in [5.74, 6) is -0.569. The molecule has 0 atom stereocenters. The van der Waals surface area contributed by atoms with Gasteiger partial charge in [-0.25, -0.2) is 0 Å². The number of carbonyl (C=O) groups excluding carboxylic acids is 1. The molecule has 3 N–H and O–H groups in total. The summed E-state index contributed by atoms with van der Waals surface area (Å²) < 4.78 is 4.53. The average molecular weight is 115 g/mol. The molecule has 0 bridgehead atoms. The largest absolute Gasteiger partial charge is 0.417 e. The van der Waals surface area contributed by atoms with Gasteiger partial charge in [-0.15, -0.1) is 0 Å². The zero-order valence-corrected chi connectivity index (χ0v) is 4.68. The first-order valence-corrected chi connectivity index (χ1v) is 2.16. The average Bonchev–Trinajstić information content (AvgIpc) is 1.66.